The number of carbonyl (C=O) groups excluding carboxylic acids is 1. The summed E-state index contributed by atoms with van der Waals surface area (Å²) in [6.45, 7) is 2.49. The van der Waals surface area contributed by atoms with Gasteiger partial charge in [0.05, 0.1) is 0 Å². The molecule has 2 N–H and O–H groups in total. The van der Waals surface area contributed by atoms with Gasteiger partial charge in [-0.1, -0.05) is 6.92 Å². The van der Waals surface area contributed by atoms with Crippen LogP contribution in [0, 0.1) is 0 Å². The fourth-order valence-electron chi connectivity index (χ4n) is 0.741. The molecule has 0 bridgehead atoms. The number of hydrogen-bond donors (Lipinski definition) is 2. The van der Waals surface area contributed by atoms with Crippen LogP contribution in [0.5, 0.6) is 0 Å². The van der Waals surface area contributed by atoms with Crippen LogP contribution in [0.1, 0.15) is 23.7 Å². The van der Waals surface area contributed by atoms with Gasteiger partial charge in [0.15, 0.2) is 0 Å². The summed E-state index contributed by atoms with van der Waals surface area (Å²) in [5.41, 5.74) is -0.480. The maximum Gasteiger partial charge on any atom is 0.292 e. The monoisotopic (exact) mass is 170 g/mol. The number of aromatic amines is 1. The van der Waals surface area contributed by atoms with Crippen molar-refractivity contribution in [3.05, 3.63) is 22.2 Å². The molecular weight excluding hydrogens is 160 g/mol. The minimum absolute atomic E-state index is 0.0171. The summed E-state index contributed by atoms with van der Waals surface area (Å²) in [5.74, 6) is -0.396. The molecule has 0 spiro atoms. The van der Waals surface area contributed by atoms with E-state index in [2.05, 4.69) is 9.84 Å². The van der Waals surface area contributed by atoms with Gasteiger partial charge in [0, 0.05) is 6.54 Å². The number of rotatable bonds is 3. The van der Waals surface area contributed by atoms with E-state index in [1.807, 2.05) is 12.1 Å². The first-order valence-corrected chi connectivity index (χ1v) is 3.70. The first-order valence-electron chi connectivity index (χ1n) is 3.70. The van der Waals surface area contributed by atoms with Crippen LogP contribution in [-0.4, -0.2) is 17.6 Å². The molecule has 1 aromatic rings. The molecule has 0 unspecified atom stereocenters. The van der Waals surface area contributed by atoms with Gasteiger partial charge in [-0.3, -0.25) is 9.59 Å². The van der Waals surface area contributed by atoms with Crippen LogP contribution in [-0.2, 0) is 0 Å². The van der Waals surface area contributed by atoms with Crippen LogP contribution >= 0.6 is 0 Å². The summed E-state index contributed by atoms with van der Waals surface area (Å²) in [6.07, 6.45) is 1.94. The molecule has 0 aliphatic heterocycles. The molecule has 12 heavy (non-hydrogen) atoms. The Morgan fingerprint density at radius 1 is 1.75 bits per heavy atom. The van der Waals surface area contributed by atoms with Gasteiger partial charge in [-0.25, -0.2) is 0 Å². The predicted molar refractivity (Wildman–Crippen MR) is 42.0 cm³/mol. The van der Waals surface area contributed by atoms with Crippen molar-refractivity contribution in [1.29, 1.82) is 0 Å². The fourth-order valence-corrected chi connectivity index (χ4v) is 0.741. The van der Waals surface area contributed by atoms with Gasteiger partial charge in [0.2, 0.25) is 0 Å². The van der Waals surface area contributed by atoms with Crippen LogP contribution in [0.15, 0.2) is 15.6 Å². The maximum atomic E-state index is 11.1. The van der Waals surface area contributed by atoms with E-state index in [9.17, 15) is 9.59 Å². The van der Waals surface area contributed by atoms with Crippen molar-refractivity contribution >= 4 is 5.91 Å². The average molecular weight is 170 g/mol. The molecule has 0 saturated carbocycles. The van der Waals surface area contributed by atoms with Crippen LogP contribution < -0.4 is 10.9 Å². The number of nitrogens with one attached hydrogen (secondary N) is 2. The Labute approximate surface area is 68.7 Å². The minimum Gasteiger partial charge on any atom is -0.386 e. The molecule has 0 aliphatic rings. The van der Waals surface area contributed by atoms with Crippen molar-refractivity contribution < 1.29 is 9.32 Å². The summed E-state index contributed by atoms with van der Waals surface area (Å²) in [4.78, 5) is 21.9. The molecule has 1 aromatic heterocycles. The molecule has 0 saturated heterocycles. The highest BCUT2D eigenvalue weighted by Crippen LogP contribution is 1.88. The second kappa shape index (κ2) is 3.75. The van der Waals surface area contributed by atoms with Crippen molar-refractivity contribution in [3.63, 3.8) is 0 Å². The van der Waals surface area contributed by atoms with Crippen LogP contribution in [0.3, 0.4) is 0 Å². The zero-order valence-corrected chi connectivity index (χ0v) is 6.72. The van der Waals surface area contributed by atoms with Gasteiger partial charge < -0.3 is 9.84 Å². The van der Waals surface area contributed by atoms with Gasteiger partial charge in [-0.15, -0.1) is 0 Å². The third-order valence-electron chi connectivity index (χ3n) is 1.35. The smallest absolute Gasteiger partial charge is 0.292 e. The Balaban J connectivity index is 2.66. The van der Waals surface area contributed by atoms with Gasteiger partial charge in [0.1, 0.15) is 11.8 Å². The lowest BCUT2D eigenvalue weighted by atomic mass is 10.3. The molecule has 1 rings (SSSR count). The van der Waals surface area contributed by atoms with Crippen LogP contribution in [0.4, 0.5) is 0 Å². The SMILES string of the molecule is CCCNC(=O)c1co[nH]c1=O. The molecule has 1 heterocycles. The fraction of sp³-hybridized carbons (Fsp3) is 0.429. The second-order valence-corrected chi connectivity index (χ2v) is 2.34. The molecule has 0 radical (unpaired) electrons. The van der Waals surface area contributed by atoms with Crippen LogP contribution in [0.25, 0.3) is 0 Å². The van der Waals surface area contributed by atoms with E-state index in [1.54, 1.807) is 0 Å². The molecule has 0 atom stereocenters. The normalized spacial score (nSPS) is 9.75. The Bertz CT molecular complexity index is 312. The Kier molecular flexibility index (Phi) is 2.68. The van der Waals surface area contributed by atoms with E-state index in [4.69, 9.17) is 0 Å². The highest BCUT2D eigenvalue weighted by Gasteiger charge is 2.10. The van der Waals surface area contributed by atoms with Crippen molar-refractivity contribution in [2.24, 2.45) is 0 Å². The highest BCUT2D eigenvalue weighted by molar-refractivity contribution is 5.93. The summed E-state index contributed by atoms with van der Waals surface area (Å²) in [7, 11) is 0. The third-order valence-corrected chi connectivity index (χ3v) is 1.35. The molecule has 0 fully saturated rings. The Hall–Kier alpha value is -1.52. The molecular formula is C7H10N2O3. The number of amides is 1. The van der Waals surface area contributed by atoms with Crippen LogP contribution in [0.2, 0.25) is 0 Å². The van der Waals surface area contributed by atoms with Gasteiger partial charge in [-0.2, -0.15) is 5.16 Å². The van der Waals surface area contributed by atoms with Gasteiger partial charge in [-0.05, 0) is 6.42 Å². The zero-order chi connectivity index (χ0) is 8.97. The van der Waals surface area contributed by atoms with Crippen molar-refractivity contribution in [2.45, 2.75) is 13.3 Å². The summed E-state index contributed by atoms with van der Waals surface area (Å²) in [6, 6.07) is 0. The van der Waals surface area contributed by atoms with Crippen molar-refractivity contribution in [3.8, 4) is 0 Å². The summed E-state index contributed by atoms with van der Waals surface area (Å²) in [5, 5.41) is 4.59. The molecule has 66 valence electrons. The van der Waals surface area contributed by atoms with E-state index < -0.39 is 11.5 Å². The minimum atomic E-state index is -0.497. The first kappa shape index (κ1) is 8.58. The molecule has 5 heteroatoms. The molecule has 0 aromatic carbocycles. The standard InChI is InChI=1S/C7H10N2O3/c1-2-3-8-6(10)5-4-12-9-7(5)11/h4H,2-3H2,1H3,(H,8,10)(H,9,11). The summed E-state index contributed by atoms with van der Waals surface area (Å²) < 4.78 is 4.45. The lowest BCUT2D eigenvalue weighted by molar-refractivity contribution is 0.0952. The largest absolute Gasteiger partial charge is 0.386 e. The van der Waals surface area contributed by atoms with E-state index in [0.717, 1.165) is 12.7 Å². The van der Waals surface area contributed by atoms with E-state index in [0.29, 0.717) is 6.54 Å². The number of carbonyl (C=O) groups is 1. The van der Waals surface area contributed by atoms with Gasteiger partial charge in [0.25, 0.3) is 11.5 Å². The second-order valence-electron chi connectivity index (χ2n) is 2.34. The molecule has 5 nitrogen and oxygen atoms in total. The van der Waals surface area contributed by atoms with Gasteiger partial charge >= 0.3 is 0 Å². The Morgan fingerprint density at radius 2 is 2.50 bits per heavy atom. The maximum absolute atomic E-state index is 11.1. The quantitative estimate of drug-likeness (QED) is 0.675. The topological polar surface area (TPSA) is 75.1 Å². The predicted octanol–water partition coefficient (Wildman–Crippen LogP) is 0.108. The molecule has 0 aliphatic carbocycles. The third kappa shape index (κ3) is 1.75. The number of hydrogen-bond acceptors (Lipinski definition) is 3. The lowest BCUT2D eigenvalue weighted by Crippen LogP contribution is -2.27. The molecule has 1 amide bonds. The highest BCUT2D eigenvalue weighted by atomic mass is 16.5. The van der Waals surface area contributed by atoms with Crippen molar-refractivity contribution in [2.75, 3.05) is 6.54 Å². The first-order chi connectivity index (χ1) is 5.75. The lowest BCUT2D eigenvalue weighted by Gasteiger charge is -1.97. The average Bonchev–Trinajstić information content (AvgIpc) is 2.47. The number of H-pyrrole nitrogens is 1. The van der Waals surface area contributed by atoms with Crippen molar-refractivity contribution in [1.82, 2.24) is 10.5 Å². The summed E-state index contributed by atoms with van der Waals surface area (Å²) >= 11 is 0. The number of aromatic nitrogens is 1. The van der Waals surface area contributed by atoms with E-state index in [1.165, 1.54) is 0 Å². The van der Waals surface area contributed by atoms with E-state index in [-0.39, 0.29) is 5.56 Å². The van der Waals surface area contributed by atoms with E-state index >= 15 is 0 Å². The Morgan fingerprint density at radius 3 is 3.00 bits per heavy atom. The zero-order valence-electron chi connectivity index (χ0n) is 6.72.